The molecule has 0 fully saturated rings. The predicted octanol–water partition coefficient (Wildman–Crippen LogP) is 3.27. The monoisotopic (exact) mass is 490 g/mol. The van der Waals surface area contributed by atoms with E-state index < -0.39 is 17.2 Å². The summed E-state index contributed by atoms with van der Waals surface area (Å²) >= 11 is 0. The van der Waals surface area contributed by atoms with E-state index in [1.54, 1.807) is 10.6 Å². The Hall–Kier alpha value is -4.21. The molecule has 0 unspecified atom stereocenters. The van der Waals surface area contributed by atoms with Crippen LogP contribution in [0.4, 0.5) is 0 Å². The number of benzene rings is 1. The highest BCUT2D eigenvalue weighted by Crippen LogP contribution is 2.19. The number of H-pyrrole nitrogens is 1. The molecule has 0 saturated carbocycles. The van der Waals surface area contributed by atoms with Crippen molar-refractivity contribution in [2.75, 3.05) is 0 Å². The number of fused-ring (bicyclic) bond motifs is 1. The highest BCUT2D eigenvalue weighted by Gasteiger charge is 2.18. The number of rotatable bonds is 9. The van der Waals surface area contributed by atoms with Gasteiger partial charge in [0.25, 0.3) is 5.56 Å². The minimum atomic E-state index is -0.548. The van der Waals surface area contributed by atoms with Gasteiger partial charge in [-0.25, -0.2) is 19.3 Å². The second-order valence-electron chi connectivity index (χ2n) is 8.48. The van der Waals surface area contributed by atoms with Crippen molar-refractivity contribution >= 4 is 23.2 Å². The summed E-state index contributed by atoms with van der Waals surface area (Å²) in [5.74, 6) is -0.145. The van der Waals surface area contributed by atoms with Crippen LogP contribution in [0.3, 0.4) is 0 Å². The first-order chi connectivity index (χ1) is 17.3. The maximum absolute atomic E-state index is 12.5. The first-order valence-corrected chi connectivity index (χ1v) is 12.0. The van der Waals surface area contributed by atoms with Crippen molar-refractivity contribution in [1.82, 2.24) is 28.9 Å². The summed E-state index contributed by atoms with van der Waals surface area (Å²) in [6, 6.07) is 9.76. The van der Waals surface area contributed by atoms with Gasteiger partial charge in [-0.2, -0.15) is 5.10 Å². The van der Waals surface area contributed by atoms with Crippen LogP contribution in [0.5, 0.6) is 0 Å². The molecule has 0 bridgehead atoms. The Balaban J connectivity index is 1.55. The van der Waals surface area contributed by atoms with E-state index in [1.165, 1.54) is 10.6 Å². The van der Waals surface area contributed by atoms with Crippen LogP contribution < -0.4 is 11.2 Å². The normalized spacial score (nSPS) is 11.6. The molecule has 0 saturated heterocycles. The second-order valence-corrected chi connectivity index (χ2v) is 8.48. The van der Waals surface area contributed by atoms with Gasteiger partial charge in [0, 0.05) is 30.4 Å². The number of hydrogen-bond donors (Lipinski definition) is 1. The summed E-state index contributed by atoms with van der Waals surface area (Å²) in [7, 11) is 0. The first-order valence-electron chi connectivity index (χ1n) is 12.0. The predicted molar refractivity (Wildman–Crippen MR) is 137 cm³/mol. The molecule has 36 heavy (non-hydrogen) atoms. The van der Waals surface area contributed by atoms with Gasteiger partial charge >= 0.3 is 11.7 Å². The summed E-state index contributed by atoms with van der Waals surface area (Å²) in [5.41, 5.74) is 3.08. The second kappa shape index (κ2) is 10.6. The molecule has 4 aromatic rings. The number of nitrogens with one attached hydrogen (secondary N) is 1. The van der Waals surface area contributed by atoms with Crippen LogP contribution in [0.1, 0.15) is 49.5 Å². The number of imidazole rings is 1. The average molecular weight is 491 g/mol. The highest BCUT2D eigenvalue weighted by molar-refractivity contribution is 5.87. The smallest absolute Gasteiger partial charge is 0.331 e. The van der Waals surface area contributed by atoms with E-state index in [9.17, 15) is 14.4 Å². The van der Waals surface area contributed by atoms with Gasteiger partial charge in [-0.15, -0.1) is 0 Å². The molecular weight excluding hydrogens is 460 g/mol. The minimum Gasteiger partial charge on any atom is -0.454 e. The van der Waals surface area contributed by atoms with Crippen molar-refractivity contribution < 1.29 is 9.53 Å². The molecular formula is C26H30N6O4. The molecule has 0 atom stereocenters. The van der Waals surface area contributed by atoms with Gasteiger partial charge in [0.05, 0.1) is 11.4 Å². The number of carbonyl (C=O) groups is 1. The molecule has 0 aliphatic rings. The largest absolute Gasteiger partial charge is 0.454 e. The van der Waals surface area contributed by atoms with Gasteiger partial charge in [-0.05, 0) is 45.4 Å². The molecule has 3 aromatic heterocycles. The number of aryl methyl sites for hydroxylation is 3. The van der Waals surface area contributed by atoms with Crippen molar-refractivity contribution in [2.45, 2.75) is 60.2 Å². The number of esters is 1. The molecule has 188 valence electrons. The SMILES string of the molecule is CCCCn1c(=O)[nH]c(=O)c2c1nc(COC(=O)/C=C/c1c(C)nn(-c3ccccc3)c1C)n2CC. The lowest BCUT2D eigenvalue weighted by atomic mass is 10.2. The Labute approximate surface area is 207 Å². The standard InChI is InChI=1S/C26H30N6O4/c1-5-7-15-31-24-23(25(34)28-26(31)35)30(6-2)21(27-24)16-36-22(33)14-13-20-17(3)29-32(18(20)4)19-11-9-8-10-12-19/h8-14H,5-7,15-16H2,1-4H3,(H,28,34,35)/b14-13+. The van der Waals surface area contributed by atoms with E-state index >= 15 is 0 Å². The summed E-state index contributed by atoms with van der Waals surface area (Å²) < 4.78 is 10.4. The van der Waals surface area contributed by atoms with Gasteiger partial charge < -0.3 is 9.30 Å². The fraction of sp³-hybridized carbons (Fsp3) is 0.346. The Bertz CT molecular complexity index is 1540. The zero-order valence-electron chi connectivity index (χ0n) is 20.9. The van der Waals surface area contributed by atoms with Crippen molar-refractivity contribution in [3.63, 3.8) is 0 Å². The molecule has 10 nitrogen and oxygen atoms in total. The van der Waals surface area contributed by atoms with Gasteiger partial charge in [0.15, 0.2) is 11.2 Å². The third-order valence-electron chi connectivity index (χ3n) is 6.09. The Morgan fingerprint density at radius 2 is 1.86 bits per heavy atom. The van der Waals surface area contributed by atoms with Crippen molar-refractivity contribution in [3.8, 4) is 5.69 Å². The maximum Gasteiger partial charge on any atom is 0.331 e. The number of carbonyl (C=O) groups excluding carboxylic acids is 1. The molecule has 0 spiro atoms. The quantitative estimate of drug-likeness (QED) is 0.284. The molecule has 1 N–H and O–H groups in total. The van der Waals surface area contributed by atoms with Gasteiger partial charge in [-0.1, -0.05) is 31.5 Å². The lowest BCUT2D eigenvalue weighted by Gasteiger charge is -2.06. The number of aromatic amines is 1. The lowest BCUT2D eigenvalue weighted by Crippen LogP contribution is -2.31. The van der Waals surface area contributed by atoms with Crippen molar-refractivity contribution in [3.05, 3.63) is 80.0 Å². The summed E-state index contributed by atoms with van der Waals surface area (Å²) in [6.45, 7) is 8.46. The van der Waals surface area contributed by atoms with E-state index in [0.717, 1.165) is 35.5 Å². The number of nitrogens with zero attached hydrogens (tertiary/aromatic N) is 5. The third-order valence-corrected chi connectivity index (χ3v) is 6.09. The van der Waals surface area contributed by atoms with Crippen LogP contribution in [-0.4, -0.2) is 34.9 Å². The zero-order valence-corrected chi connectivity index (χ0v) is 20.9. The lowest BCUT2D eigenvalue weighted by molar-refractivity contribution is -0.139. The molecule has 4 rings (SSSR count). The van der Waals surface area contributed by atoms with Gasteiger partial charge in [0.1, 0.15) is 12.4 Å². The zero-order chi connectivity index (χ0) is 25.8. The van der Waals surface area contributed by atoms with E-state index in [4.69, 9.17) is 4.74 Å². The Morgan fingerprint density at radius 3 is 2.56 bits per heavy atom. The highest BCUT2D eigenvalue weighted by atomic mass is 16.5. The number of aromatic nitrogens is 6. The van der Waals surface area contributed by atoms with Gasteiger partial charge in [0.2, 0.25) is 0 Å². The van der Waals surface area contributed by atoms with E-state index in [0.29, 0.717) is 30.1 Å². The number of para-hydroxylation sites is 1. The minimum absolute atomic E-state index is 0.131. The molecule has 3 heterocycles. The number of ether oxygens (including phenoxy) is 1. The van der Waals surface area contributed by atoms with Crippen LogP contribution in [0.15, 0.2) is 46.0 Å². The van der Waals surface area contributed by atoms with E-state index in [-0.39, 0.29) is 6.61 Å². The Morgan fingerprint density at radius 1 is 1.11 bits per heavy atom. The summed E-state index contributed by atoms with van der Waals surface area (Å²) in [4.78, 5) is 44.3. The Kier molecular flexibility index (Phi) is 7.33. The third kappa shape index (κ3) is 4.79. The number of unbranched alkanes of at least 4 members (excludes halogenated alkanes) is 1. The van der Waals surface area contributed by atoms with Crippen LogP contribution in [0.2, 0.25) is 0 Å². The van der Waals surface area contributed by atoms with E-state index in [1.807, 2.05) is 62.7 Å². The first kappa shape index (κ1) is 24.9. The molecule has 10 heteroatoms. The molecule has 0 amide bonds. The van der Waals surface area contributed by atoms with Crippen molar-refractivity contribution in [1.29, 1.82) is 0 Å². The van der Waals surface area contributed by atoms with Crippen LogP contribution in [-0.2, 0) is 29.2 Å². The molecule has 0 aliphatic heterocycles. The van der Waals surface area contributed by atoms with Crippen molar-refractivity contribution in [2.24, 2.45) is 0 Å². The average Bonchev–Trinajstić information content (AvgIpc) is 3.38. The van der Waals surface area contributed by atoms with E-state index in [2.05, 4.69) is 15.1 Å². The molecule has 1 aromatic carbocycles. The van der Waals surface area contributed by atoms with Crippen LogP contribution in [0.25, 0.3) is 22.9 Å². The number of hydrogen-bond acceptors (Lipinski definition) is 6. The molecule has 0 aliphatic carbocycles. The fourth-order valence-electron chi connectivity index (χ4n) is 4.24. The van der Waals surface area contributed by atoms with Gasteiger partial charge in [-0.3, -0.25) is 14.3 Å². The van der Waals surface area contributed by atoms with Crippen LogP contribution in [0, 0.1) is 13.8 Å². The molecule has 0 radical (unpaired) electrons. The summed E-state index contributed by atoms with van der Waals surface area (Å²) in [5, 5.41) is 4.58. The fourth-order valence-corrected chi connectivity index (χ4v) is 4.24. The summed E-state index contributed by atoms with van der Waals surface area (Å²) in [6.07, 6.45) is 4.71. The maximum atomic E-state index is 12.5. The topological polar surface area (TPSA) is 117 Å². The van der Waals surface area contributed by atoms with Crippen LogP contribution >= 0.6 is 0 Å².